The monoisotopic (exact) mass is 176 g/mol. The number of Topliss-reactive ketones (excluding diaryl/α,β-unsaturated/α-hetero) is 1. The number of rotatable bonds is 1. The van der Waals surface area contributed by atoms with Crippen molar-refractivity contribution in [2.24, 2.45) is 0 Å². The number of allylic oxidation sites excluding steroid dienone is 4. The first kappa shape index (κ1) is 8.23. The molecular weight excluding hydrogens is 166 g/mol. The van der Waals surface area contributed by atoms with Gasteiger partial charge in [0, 0.05) is 19.2 Å². The molecule has 1 radical (unpaired) electrons. The molecule has 0 unspecified atom stereocenters. The van der Waals surface area contributed by atoms with Crippen molar-refractivity contribution < 1.29 is 9.59 Å². The van der Waals surface area contributed by atoms with Crippen LogP contribution in [-0.4, -0.2) is 29.6 Å². The van der Waals surface area contributed by atoms with Gasteiger partial charge in [-0.3, -0.25) is 9.59 Å². The largest absolute Gasteiger partial charge is 0.368 e. The molecule has 1 saturated heterocycles. The Balaban J connectivity index is 2.21. The van der Waals surface area contributed by atoms with Crippen LogP contribution in [0.2, 0.25) is 0 Å². The van der Waals surface area contributed by atoms with E-state index < -0.39 is 11.6 Å². The van der Waals surface area contributed by atoms with Crippen LogP contribution in [-0.2, 0) is 9.59 Å². The normalized spacial score (nSPS) is 22.5. The summed E-state index contributed by atoms with van der Waals surface area (Å²) in [4.78, 5) is 24.3. The summed E-state index contributed by atoms with van der Waals surface area (Å²) in [5, 5.41) is 0. The van der Waals surface area contributed by atoms with Crippen molar-refractivity contribution in [2.75, 3.05) is 13.1 Å². The lowest BCUT2D eigenvalue weighted by Gasteiger charge is -2.19. The Kier molecular flexibility index (Phi) is 2.00. The molecule has 0 aromatic rings. The maximum Gasteiger partial charge on any atom is 0.249 e. The fraction of sp³-hybridized carbons (Fsp3) is 0.400. The molecule has 0 amide bonds. The number of ketones is 2. The second-order valence-electron chi connectivity index (χ2n) is 3.21. The Bertz CT molecular complexity index is 309. The number of carbonyl (C=O) groups is 2. The Morgan fingerprint density at radius 3 is 2.62 bits per heavy atom. The molecule has 67 valence electrons. The van der Waals surface area contributed by atoms with E-state index in [4.69, 9.17) is 0 Å². The summed E-state index contributed by atoms with van der Waals surface area (Å²) in [5.41, 5.74) is 0.449. The van der Waals surface area contributed by atoms with Crippen molar-refractivity contribution in [3.05, 3.63) is 23.9 Å². The summed E-state index contributed by atoms with van der Waals surface area (Å²) in [6.45, 7) is 1.74. The van der Waals surface area contributed by atoms with E-state index in [1.54, 1.807) is 0 Å². The van der Waals surface area contributed by atoms with Crippen molar-refractivity contribution >= 4 is 11.6 Å². The van der Waals surface area contributed by atoms with Gasteiger partial charge >= 0.3 is 0 Å². The maximum absolute atomic E-state index is 11.4. The SMILES string of the molecule is O=C1C=C[C]=C(N2CCCC2)C1=O. The lowest BCUT2D eigenvalue weighted by Crippen LogP contribution is -2.29. The highest BCUT2D eigenvalue weighted by Gasteiger charge is 2.25. The average molecular weight is 176 g/mol. The summed E-state index contributed by atoms with van der Waals surface area (Å²) in [6.07, 6.45) is 7.81. The third-order valence-corrected chi connectivity index (χ3v) is 2.32. The highest BCUT2D eigenvalue weighted by atomic mass is 16.2. The van der Waals surface area contributed by atoms with Gasteiger partial charge in [-0.05, 0) is 25.0 Å². The molecule has 2 aliphatic rings. The number of hydrogen-bond acceptors (Lipinski definition) is 3. The number of hydrogen-bond donors (Lipinski definition) is 0. The summed E-state index contributed by atoms with van der Waals surface area (Å²) >= 11 is 0. The van der Waals surface area contributed by atoms with Gasteiger partial charge in [0.1, 0.15) is 0 Å². The first-order valence-electron chi connectivity index (χ1n) is 4.42. The minimum Gasteiger partial charge on any atom is -0.368 e. The van der Waals surface area contributed by atoms with E-state index in [0.29, 0.717) is 5.70 Å². The Morgan fingerprint density at radius 1 is 1.23 bits per heavy atom. The fourth-order valence-corrected chi connectivity index (χ4v) is 1.63. The topological polar surface area (TPSA) is 37.4 Å². The Labute approximate surface area is 76.7 Å². The highest BCUT2D eigenvalue weighted by Crippen LogP contribution is 2.17. The summed E-state index contributed by atoms with van der Waals surface area (Å²) in [5.74, 6) is -0.843. The molecule has 1 aliphatic carbocycles. The van der Waals surface area contributed by atoms with Crippen LogP contribution in [0.15, 0.2) is 17.8 Å². The zero-order valence-electron chi connectivity index (χ0n) is 7.25. The first-order chi connectivity index (χ1) is 6.29. The van der Waals surface area contributed by atoms with Crippen LogP contribution in [0.5, 0.6) is 0 Å². The maximum atomic E-state index is 11.4. The van der Waals surface area contributed by atoms with E-state index in [9.17, 15) is 9.59 Å². The summed E-state index contributed by atoms with van der Waals surface area (Å²) in [6, 6.07) is 0. The Hall–Kier alpha value is -1.38. The van der Waals surface area contributed by atoms with Gasteiger partial charge in [0.15, 0.2) is 0 Å². The molecule has 0 saturated carbocycles. The molecule has 1 fully saturated rings. The average Bonchev–Trinajstić information content (AvgIpc) is 2.62. The predicted octanol–water partition coefficient (Wildman–Crippen LogP) is 0.477. The molecule has 0 atom stereocenters. The molecule has 0 spiro atoms. The van der Waals surface area contributed by atoms with Crippen LogP contribution in [0.25, 0.3) is 0 Å². The standard InChI is InChI=1S/C10H10NO2/c12-9-5-3-4-8(10(9)13)11-6-1-2-7-11/h3,5H,1-2,6-7H2. The van der Waals surface area contributed by atoms with Crippen LogP contribution < -0.4 is 0 Å². The molecule has 1 heterocycles. The van der Waals surface area contributed by atoms with Gasteiger partial charge in [0.2, 0.25) is 11.6 Å². The van der Waals surface area contributed by atoms with E-state index in [1.165, 1.54) is 12.2 Å². The van der Waals surface area contributed by atoms with Gasteiger partial charge in [-0.2, -0.15) is 0 Å². The van der Waals surface area contributed by atoms with Crippen LogP contribution in [0.4, 0.5) is 0 Å². The van der Waals surface area contributed by atoms with Crippen LogP contribution >= 0.6 is 0 Å². The van der Waals surface area contributed by atoms with Crippen molar-refractivity contribution in [1.82, 2.24) is 4.90 Å². The van der Waals surface area contributed by atoms with Crippen LogP contribution in [0.3, 0.4) is 0 Å². The van der Waals surface area contributed by atoms with Gasteiger partial charge in [0.05, 0.1) is 5.70 Å². The number of nitrogens with zero attached hydrogens (tertiary/aromatic N) is 1. The third-order valence-electron chi connectivity index (χ3n) is 2.32. The van der Waals surface area contributed by atoms with Crippen LogP contribution in [0, 0.1) is 6.08 Å². The smallest absolute Gasteiger partial charge is 0.249 e. The molecule has 0 bridgehead atoms. The van der Waals surface area contributed by atoms with Crippen molar-refractivity contribution in [3.8, 4) is 0 Å². The third kappa shape index (κ3) is 1.41. The van der Waals surface area contributed by atoms with Crippen molar-refractivity contribution in [2.45, 2.75) is 12.8 Å². The fourth-order valence-electron chi connectivity index (χ4n) is 1.63. The zero-order chi connectivity index (χ0) is 9.26. The van der Waals surface area contributed by atoms with Gasteiger partial charge < -0.3 is 4.90 Å². The van der Waals surface area contributed by atoms with Crippen LogP contribution in [0.1, 0.15) is 12.8 Å². The summed E-state index contributed by atoms with van der Waals surface area (Å²) in [7, 11) is 0. The van der Waals surface area contributed by atoms with Crippen molar-refractivity contribution in [3.63, 3.8) is 0 Å². The van der Waals surface area contributed by atoms with E-state index in [0.717, 1.165) is 25.9 Å². The molecule has 3 nitrogen and oxygen atoms in total. The van der Waals surface area contributed by atoms with E-state index in [-0.39, 0.29) is 0 Å². The van der Waals surface area contributed by atoms with Gasteiger partial charge in [0.25, 0.3) is 0 Å². The molecule has 2 rings (SSSR count). The summed E-state index contributed by atoms with van der Waals surface area (Å²) < 4.78 is 0. The number of likely N-dealkylation sites (tertiary alicyclic amines) is 1. The zero-order valence-corrected chi connectivity index (χ0v) is 7.25. The molecule has 0 aromatic heterocycles. The highest BCUT2D eigenvalue weighted by molar-refractivity contribution is 6.47. The minimum atomic E-state index is -0.430. The van der Waals surface area contributed by atoms with E-state index in [2.05, 4.69) is 6.08 Å². The second kappa shape index (κ2) is 3.17. The molecule has 1 aliphatic heterocycles. The molecular formula is C10H10NO2. The molecule has 3 heteroatoms. The molecule has 0 N–H and O–H groups in total. The van der Waals surface area contributed by atoms with Gasteiger partial charge in [-0.1, -0.05) is 0 Å². The molecule has 13 heavy (non-hydrogen) atoms. The second-order valence-corrected chi connectivity index (χ2v) is 3.21. The van der Waals surface area contributed by atoms with Crippen molar-refractivity contribution in [1.29, 1.82) is 0 Å². The quantitative estimate of drug-likeness (QED) is 0.430. The number of carbonyl (C=O) groups excluding carboxylic acids is 2. The van der Waals surface area contributed by atoms with Gasteiger partial charge in [-0.15, -0.1) is 0 Å². The predicted molar refractivity (Wildman–Crippen MR) is 46.7 cm³/mol. The molecule has 0 aromatic carbocycles. The van der Waals surface area contributed by atoms with Gasteiger partial charge in [-0.25, -0.2) is 0 Å². The first-order valence-corrected chi connectivity index (χ1v) is 4.42. The van der Waals surface area contributed by atoms with E-state index in [1.807, 2.05) is 4.90 Å². The lowest BCUT2D eigenvalue weighted by atomic mass is 10.1. The lowest BCUT2D eigenvalue weighted by molar-refractivity contribution is -0.132. The minimum absolute atomic E-state index is 0.413. The van der Waals surface area contributed by atoms with E-state index >= 15 is 0 Å². The Morgan fingerprint density at radius 2 is 1.92 bits per heavy atom.